The SMILES string of the molecule is CNC(Cl)(Cl)C(=O)Cl. The van der Waals surface area contributed by atoms with Gasteiger partial charge in [-0.1, -0.05) is 23.2 Å². The lowest BCUT2D eigenvalue weighted by molar-refractivity contribution is -0.112. The maximum Gasteiger partial charge on any atom is 0.272 e. The standard InChI is InChI=1S/C3H4Cl3NO/c1-7-3(5,6)2(4)8/h7H,1H3. The second-order valence-electron chi connectivity index (χ2n) is 1.10. The molecule has 0 radical (unpaired) electrons. The minimum absolute atomic E-state index is 0.830. The zero-order valence-electron chi connectivity index (χ0n) is 4.04. The Morgan fingerprint density at radius 2 is 2.00 bits per heavy atom. The van der Waals surface area contributed by atoms with Crippen LogP contribution in [0.25, 0.3) is 0 Å². The van der Waals surface area contributed by atoms with Crippen LogP contribution in [0.5, 0.6) is 0 Å². The Morgan fingerprint density at radius 1 is 1.62 bits per heavy atom. The summed E-state index contributed by atoms with van der Waals surface area (Å²) in [6, 6.07) is 0. The van der Waals surface area contributed by atoms with Gasteiger partial charge in [0.25, 0.3) is 5.24 Å². The van der Waals surface area contributed by atoms with E-state index in [-0.39, 0.29) is 0 Å². The average Bonchev–Trinajstić information content (AvgIpc) is 1.67. The molecule has 1 N–H and O–H groups in total. The van der Waals surface area contributed by atoms with Crippen molar-refractivity contribution < 1.29 is 4.79 Å². The van der Waals surface area contributed by atoms with Crippen molar-refractivity contribution in [2.75, 3.05) is 7.05 Å². The summed E-state index contributed by atoms with van der Waals surface area (Å²) in [5.41, 5.74) is 0. The van der Waals surface area contributed by atoms with Crippen LogP contribution in [0.2, 0.25) is 0 Å². The molecule has 0 rings (SSSR count). The molecule has 0 aliphatic carbocycles. The van der Waals surface area contributed by atoms with Crippen molar-refractivity contribution in [3.05, 3.63) is 0 Å². The van der Waals surface area contributed by atoms with Crippen molar-refractivity contribution in [2.24, 2.45) is 0 Å². The Morgan fingerprint density at radius 3 is 2.00 bits per heavy atom. The molecule has 0 aromatic carbocycles. The molecule has 48 valence electrons. The van der Waals surface area contributed by atoms with Crippen LogP contribution >= 0.6 is 34.8 Å². The Balaban J connectivity index is 3.91. The van der Waals surface area contributed by atoms with Gasteiger partial charge >= 0.3 is 0 Å². The minimum atomic E-state index is -1.64. The number of rotatable bonds is 2. The highest BCUT2D eigenvalue weighted by Crippen LogP contribution is 2.18. The third-order valence-corrected chi connectivity index (χ3v) is 1.76. The molecular formula is C3H4Cl3NO. The molecule has 0 saturated heterocycles. The molecular weight excluding hydrogens is 172 g/mol. The van der Waals surface area contributed by atoms with E-state index in [2.05, 4.69) is 5.32 Å². The van der Waals surface area contributed by atoms with Crippen LogP contribution in [0.3, 0.4) is 0 Å². The quantitative estimate of drug-likeness (QED) is 0.388. The first kappa shape index (κ1) is 8.50. The van der Waals surface area contributed by atoms with Crippen molar-refractivity contribution in [3.63, 3.8) is 0 Å². The lowest BCUT2D eigenvalue weighted by Gasteiger charge is -2.10. The third kappa shape index (κ3) is 2.18. The lowest BCUT2D eigenvalue weighted by Crippen LogP contribution is -2.36. The summed E-state index contributed by atoms with van der Waals surface area (Å²) in [5.74, 6) is 0. The van der Waals surface area contributed by atoms with Gasteiger partial charge in [-0.2, -0.15) is 0 Å². The predicted octanol–water partition coefficient (Wildman–Crippen LogP) is 1.10. The fourth-order valence-electron chi connectivity index (χ4n) is 0.0983. The maximum absolute atomic E-state index is 10.1. The molecule has 8 heavy (non-hydrogen) atoms. The second kappa shape index (κ2) is 2.87. The summed E-state index contributed by atoms with van der Waals surface area (Å²) >= 11 is 15.4. The minimum Gasteiger partial charge on any atom is -0.282 e. The molecule has 0 spiro atoms. The van der Waals surface area contributed by atoms with Crippen molar-refractivity contribution >= 4 is 40.0 Å². The van der Waals surface area contributed by atoms with E-state index >= 15 is 0 Å². The summed E-state index contributed by atoms with van der Waals surface area (Å²) in [7, 11) is 1.43. The summed E-state index contributed by atoms with van der Waals surface area (Å²) in [6.07, 6.45) is 0. The molecule has 0 aliphatic heterocycles. The first-order chi connectivity index (χ1) is 3.50. The van der Waals surface area contributed by atoms with Crippen LogP contribution in [0.15, 0.2) is 0 Å². The van der Waals surface area contributed by atoms with Gasteiger partial charge in [0.2, 0.25) is 4.46 Å². The molecule has 0 aromatic rings. The Hall–Kier alpha value is 0.500. The molecule has 0 amide bonds. The van der Waals surface area contributed by atoms with Crippen LogP contribution in [0.4, 0.5) is 0 Å². The molecule has 0 heterocycles. The van der Waals surface area contributed by atoms with Gasteiger partial charge in [-0.15, -0.1) is 0 Å². The summed E-state index contributed by atoms with van der Waals surface area (Å²) in [5, 5.41) is 1.46. The van der Waals surface area contributed by atoms with Gasteiger partial charge in [0.05, 0.1) is 0 Å². The first-order valence-electron chi connectivity index (χ1n) is 1.77. The second-order valence-corrected chi connectivity index (χ2v) is 2.77. The van der Waals surface area contributed by atoms with E-state index in [1.807, 2.05) is 0 Å². The summed E-state index contributed by atoms with van der Waals surface area (Å²) in [4.78, 5) is 10.1. The zero-order chi connectivity index (χ0) is 6.78. The van der Waals surface area contributed by atoms with Crippen LogP contribution in [-0.4, -0.2) is 16.7 Å². The molecule has 0 atom stereocenters. The number of carbonyl (C=O) groups is 1. The topological polar surface area (TPSA) is 29.1 Å². The van der Waals surface area contributed by atoms with Crippen LogP contribution in [-0.2, 0) is 4.79 Å². The van der Waals surface area contributed by atoms with Crippen molar-refractivity contribution in [1.29, 1.82) is 0 Å². The van der Waals surface area contributed by atoms with Gasteiger partial charge in [0, 0.05) is 0 Å². The Bertz CT molecular complexity index is 103. The smallest absolute Gasteiger partial charge is 0.272 e. The van der Waals surface area contributed by atoms with Crippen LogP contribution in [0.1, 0.15) is 0 Å². The van der Waals surface area contributed by atoms with Crippen LogP contribution in [0, 0.1) is 0 Å². The molecule has 5 heteroatoms. The molecule has 0 fully saturated rings. The molecule has 2 nitrogen and oxygen atoms in total. The van der Waals surface area contributed by atoms with Gasteiger partial charge in [0.15, 0.2) is 0 Å². The summed E-state index contributed by atoms with van der Waals surface area (Å²) in [6.45, 7) is 0. The Labute approximate surface area is 62.1 Å². The highest BCUT2D eigenvalue weighted by atomic mass is 35.5. The van der Waals surface area contributed by atoms with Crippen LogP contribution < -0.4 is 5.32 Å². The highest BCUT2D eigenvalue weighted by molar-refractivity contribution is 6.78. The molecule has 0 aromatic heterocycles. The van der Waals surface area contributed by atoms with Gasteiger partial charge < -0.3 is 0 Å². The van der Waals surface area contributed by atoms with Crippen molar-refractivity contribution in [3.8, 4) is 0 Å². The number of alkyl halides is 2. The van der Waals surface area contributed by atoms with E-state index in [9.17, 15) is 4.79 Å². The average molecular weight is 176 g/mol. The zero-order valence-corrected chi connectivity index (χ0v) is 6.31. The molecule has 0 bridgehead atoms. The van der Waals surface area contributed by atoms with E-state index in [1.54, 1.807) is 0 Å². The number of likely N-dealkylation sites (N-methyl/N-ethyl adjacent to an activating group) is 1. The first-order valence-corrected chi connectivity index (χ1v) is 2.90. The van der Waals surface area contributed by atoms with Gasteiger partial charge in [-0.05, 0) is 18.6 Å². The monoisotopic (exact) mass is 175 g/mol. The fourth-order valence-corrected chi connectivity index (χ4v) is 0.193. The van der Waals surface area contributed by atoms with E-state index < -0.39 is 9.70 Å². The normalized spacial score (nSPS) is 11.5. The van der Waals surface area contributed by atoms with E-state index in [1.165, 1.54) is 7.05 Å². The predicted molar refractivity (Wildman–Crippen MR) is 34.4 cm³/mol. The number of hydrogen-bond donors (Lipinski definition) is 1. The largest absolute Gasteiger partial charge is 0.282 e. The highest BCUT2D eigenvalue weighted by Gasteiger charge is 2.29. The summed E-state index contributed by atoms with van der Waals surface area (Å²) < 4.78 is -1.64. The molecule has 0 saturated carbocycles. The van der Waals surface area contributed by atoms with E-state index in [0.29, 0.717) is 0 Å². The molecule has 0 unspecified atom stereocenters. The van der Waals surface area contributed by atoms with Crippen molar-refractivity contribution in [2.45, 2.75) is 4.46 Å². The van der Waals surface area contributed by atoms with Gasteiger partial charge in [-0.25, -0.2) is 0 Å². The number of carbonyl (C=O) groups excluding carboxylic acids is 1. The van der Waals surface area contributed by atoms with Gasteiger partial charge in [0.1, 0.15) is 0 Å². The van der Waals surface area contributed by atoms with Gasteiger partial charge in [-0.3, -0.25) is 10.1 Å². The van der Waals surface area contributed by atoms with E-state index in [4.69, 9.17) is 34.8 Å². The number of nitrogens with one attached hydrogen (secondary N) is 1. The number of hydrogen-bond acceptors (Lipinski definition) is 2. The van der Waals surface area contributed by atoms with E-state index in [0.717, 1.165) is 0 Å². The lowest BCUT2D eigenvalue weighted by atomic mass is 10.7. The maximum atomic E-state index is 10.1. The third-order valence-electron chi connectivity index (χ3n) is 0.561. The fraction of sp³-hybridized carbons (Fsp3) is 0.667. The number of halogens is 3. The van der Waals surface area contributed by atoms with Crippen molar-refractivity contribution in [1.82, 2.24) is 5.32 Å². The Kier molecular flexibility index (Phi) is 3.05. The molecule has 0 aliphatic rings.